The molecule has 0 radical (unpaired) electrons. The largest absolute Gasteiger partial charge is 0.381 e. The highest BCUT2D eigenvalue weighted by Crippen LogP contribution is 2.17. The monoisotopic (exact) mass is 226 g/mol. The van der Waals surface area contributed by atoms with Gasteiger partial charge in [-0.1, -0.05) is 32.8 Å². The van der Waals surface area contributed by atoms with E-state index >= 15 is 0 Å². The first-order chi connectivity index (χ1) is 7.65. The van der Waals surface area contributed by atoms with Crippen LogP contribution in [0.25, 0.3) is 0 Å². The molecule has 2 heteroatoms. The highest BCUT2D eigenvalue weighted by molar-refractivity contribution is 4.99. The van der Waals surface area contributed by atoms with Crippen molar-refractivity contribution in [2.75, 3.05) is 20.6 Å². The molecule has 0 aliphatic heterocycles. The lowest BCUT2D eigenvalue weighted by molar-refractivity contribution is 0.439. The van der Waals surface area contributed by atoms with Crippen molar-refractivity contribution in [1.82, 2.24) is 4.90 Å². The smallest absolute Gasteiger partial charge is 0.00868 e. The molecule has 1 atom stereocenters. The summed E-state index contributed by atoms with van der Waals surface area (Å²) < 4.78 is 0. The van der Waals surface area contributed by atoms with Crippen molar-refractivity contribution in [3.8, 4) is 0 Å². The van der Waals surface area contributed by atoms with Gasteiger partial charge in [-0.05, 0) is 38.1 Å². The number of allylic oxidation sites excluding steroid dienone is 2. The average molecular weight is 226 g/mol. The molecule has 2 N–H and O–H groups in total. The van der Waals surface area contributed by atoms with E-state index in [1.807, 2.05) is 0 Å². The van der Waals surface area contributed by atoms with E-state index < -0.39 is 0 Å². The van der Waals surface area contributed by atoms with Gasteiger partial charge in [0.25, 0.3) is 0 Å². The summed E-state index contributed by atoms with van der Waals surface area (Å²) in [5.74, 6) is 0.811. The van der Waals surface area contributed by atoms with Gasteiger partial charge in [-0.3, -0.25) is 0 Å². The van der Waals surface area contributed by atoms with Gasteiger partial charge in [-0.2, -0.15) is 0 Å². The Morgan fingerprint density at radius 3 is 2.38 bits per heavy atom. The Morgan fingerprint density at radius 2 is 1.94 bits per heavy atom. The van der Waals surface area contributed by atoms with Crippen LogP contribution < -0.4 is 5.73 Å². The minimum Gasteiger partial charge on any atom is -0.381 e. The molecular formula is C14H30N2. The van der Waals surface area contributed by atoms with Crippen LogP contribution in [0.2, 0.25) is 0 Å². The van der Waals surface area contributed by atoms with Crippen molar-refractivity contribution in [3.63, 3.8) is 0 Å². The zero-order chi connectivity index (χ0) is 12.4. The Hall–Kier alpha value is -0.500. The Kier molecular flexibility index (Phi) is 9.40. The van der Waals surface area contributed by atoms with Gasteiger partial charge in [-0.15, -0.1) is 0 Å². The van der Waals surface area contributed by atoms with Crippen LogP contribution in [-0.2, 0) is 0 Å². The molecule has 0 aliphatic rings. The van der Waals surface area contributed by atoms with Crippen LogP contribution in [0.15, 0.2) is 11.8 Å². The van der Waals surface area contributed by atoms with Gasteiger partial charge in [0.05, 0.1) is 0 Å². The van der Waals surface area contributed by atoms with Crippen LogP contribution in [0.1, 0.15) is 52.4 Å². The van der Waals surface area contributed by atoms with Crippen LogP contribution in [0.3, 0.4) is 0 Å². The van der Waals surface area contributed by atoms with Crippen molar-refractivity contribution in [1.29, 1.82) is 0 Å². The second-order valence-corrected chi connectivity index (χ2v) is 4.77. The molecule has 96 valence electrons. The highest BCUT2D eigenvalue weighted by atomic mass is 15.1. The summed E-state index contributed by atoms with van der Waals surface area (Å²) in [6, 6.07) is 0. The number of hydrogen-bond acceptors (Lipinski definition) is 2. The van der Waals surface area contributed by atoms with E-state index in [1.165, 1.54) is 44.2 Å². The van der Waals surface area contributed by atoms with Crippen LogP contribution >= 0.6 is 0 Å². The van der Waals surface area contributed by atoms with E-state index in [9.17, 15) is 0 Å². The molecule has 0 bridgehead atoms. The van der Waals surface area contributed by atoms with Crippen LogP contribution in [-0.4, -0.2) is 25.5 Å². The van der Waals surface area contributed by atoms with Crippen LogP contribution in [0, 0.1) is 5.92 Å². The van der Waals surface area contributed by atoms with E-state index in [1.54, 1.807) is 0 Å². The molecule has 0 saturated carbocycles. The molecule has 16 heavy (non-hydrogen) atoms. The second-order valence-electron chi connectivity index (χ2n) is 4.77. The molecule has 0 aliphatic carbocycles. The second kappa shape index (κ2) is 9.71. The fourth-order valence-electron chi connectivity index (χ4n) is 2.04. The molecule has 0 aromatic heterocycles. The Bertz CT molecular complexity index is 185. The third kappa shape index (κ3) is 6.89. The normalized spacial score (nSPS) is 13.9. The molecule has 0 aromatic carbocycles. The number of hydrogen-bond donors (Lipinski definition) is 1. The van der Waals surface area contributed by atoms with Gasteiger partial charge >= 0.3 is 0 Å². The topological polar surface area (TPSA) is 29.3 Å². The fraction of sp³-hybridized carbons (Fsp3) is 0.857. The van der Waals surface area contributed by atoms with Gasteiger partial charge in [0.15, 0.2) is 0 Å². The fourth-order valence-corrected chi connectivity index (χ4v) is 2.04. The van der Waals surface area contributed by atoms with Crippen LogP contribution in [0.5, 0.6) is 0 Å². The number of nitrogens with two attached hydrogens (primary N) is 1. The lowest BCUT2D eigenvalue weighted by atomic mass is 9.96. The summed E-state index contributed by atoms with van der Waals surface area (Å²) >= 11 is 0. The number of rotatable bonds is 9. The van der Waals surface area contributed by atoms with Gasteiger partial charge in [0.2, 0.25) is 0 Å². The van der Waals surface area contributed by atoms with Gasteiger partial charge in [0, 0.05) is 19.8 Å². The molecule has 0 amide bonds. The maximum Gasteiger partial charge on any atom is 0.00868 e. The third-order valence-electron chi connectivity index (χ3n) is 3.19. The molecule has 1 unspecified atom stereocenters. The lowest BCUT2D eigenvalue weighted by Crippen LogP contribution is -2.11. The van der Waals surface area contributed by atoms with Crippen molar-refractivity contribution in [2.45, 2.75) is 52.4 Å². The summed E-state index contributed by atoms with van der Waals surface area (Å²) in [4.78, 5) is 2.24. The van der Waals surface area contributed by atoms with Gasteiger partial charge in [-0.25, -0.2) is 0 Å². The number of nitrogens with zero attached hydrogens (tertiary/aromatic N) is 1. The molecule has 0 saturated heterocycles. The summed E-state index contributed by atoms with van der Waals surface area (Å²) in [5, 5.41) is 0. The van der Waals surface area contributed by atoms with E-state index in [2.05, 4.69) is 38.9 Å². The zero-order valence-electron chi connectivity index (χ0n) is 11.6. The van der Waals surface area contributed by atoms with E-state index in [0.29, 0.717) is 0 Å². The van der Waals surface area contributed by atoms with Crippen molar-refractivity contribution in [3.05, 3.63) is 11.8 Å². The molecule has 0 spiro atoms. The SMILES string of the molecule is CCCC(=CCCC(CC)CCN)N(C)C. The van der Waals surface area contributed by atoms with Crippen molar-refractivity contribution < 1.29 is 0 Å². The first kappa shape index (κ1) is 15.5. The summed E-state index contributed by atoms with van der Waals surface area (Å²) in [6.07, 6.45) is 9.75. The van der Waals surface area contributed by atoms with Gasteiger partial charge < -0.3 is 10.6 Å². The maximum absolute atomic E-state index is 5.61. The van der Waals surface area contributed by atoms with Crippen molar-refractivity contribution in [2.24, 2.45) is 11.7 Å². The Morgan fingerprint density at radius 1 is 1.25 bits per heavy atom. The van der Waals surface area contributed by atoms with Crippen molar-refractivity contribution >= 4 is 0 Å². The zero-order valence-corrected chi connectivity index (χ0v) is 11.6. The van der Waals surface area contributed by atoms with Gasteiger partial charge in [0.1, 0.15) is 0 Å². The highest BCUT2D eigenvalue weighted by Gasteiger charge is 2.04. The Labute approximate surface area is 102 Å². The first-order valence-corrected chi connectivity index (χ1v) is 6.72. The lowest BCUT2D eigenvalue weighted by Gasteiger charge is -2.18. The predicted molar refractivity (Wildman–Crippen MR) is 73.4 cm³/mol. The first-order valence-electron chi connectivity index (χ1n) is 6.72. The third-order valence-corrected chi connectivity index (χ3v) is 3.19. The minimum atomic E-state index is 0.811. The van der Waals surface area contributed by atoms with E-state index in [4.69, 9.17) is 5.73 Å². The summed E-state index contributed by atoms with van der Waals surface area (Å²) in [5.41, 5.74) is 7.09. The molecular weight excluding hydrogens is 196 g/mol. The van der Waals surface area contributed by atoms with E-state index in [0.717, 1.165) is 12.5 Å². The predicted octanol–water partition coefficient (Wildman–Crippen LogP) is 3.39. The summed E-state index contributed by atoms with van der Waals surface area (Å²) in [6.45, 7) is 5.33. The standard InChI is InChI=1S/C14H30N2/c1-5-8-14(16(3)4)10-7-9-13(6-2)11-12-15/h10,13H,5-9,11-12,15H2,1-4H3. The maximum atomic E-state index is 5.61. The summed E-state index contributed by atoms with van der Waals surface area (Å²) in [7, 11) is 4.28. The quantitative estimate of drug-likeness (QED) is 0.653. The molecule has 2 nitrogen and oxygen atoms in total. The molecule has 0 heterocycles. The average Bonchev–Trinajstić information content (AvgIpc) is 2.26. The Balaban J connectivity index is 4.01. The molecule has 0 aromatic rings. The minimum absolute atomic E-state index is 0.811. The molecule has 0 fully saturated rings. The van der Waals surface area contributed by atoms with E-state index in [-0.39, 0.29) is 0 Å². The van der Waals surface area contributed by atoms with Crippen LogP contribution in [0.4, 0.5) is 0 Å². The molecule has 0 rings (SSSR count).